The van der Waals surface area contributed by atoms with Gasteiger partial charge in [-0.1, -0.05) is 6.07 Å². The van der Waals surface area contributed by atoms with E-state index < -0.39 is 0 Å². The van der Waals surface area contributed by atoms with Crippen LogP contribution in [-0.4, -0.2) is 33.4 Å². The number of nitrogens with zero attached hydrogens (tertiary/aromatic N) is 3. The summed E-state index contributed by atoms with van der Waals surface area (Å²) in [6, 6.07) is 8.01. The second-order valence-corrected chi connectivity index (χ2v) is 6.66. The summed E-state index contributed by atoms with van der Waals surface area (Å²) in [4.78, 5) is 25.8. The molecule has 0 spiro atoms. The zero-order valence-corrected chi connectivity index (χ0v) is 13.8. The molecular weight excluding hydrogens is 322 g/mol. The summed E-state index contributed by atoms with van der Waals surface area (Å²) in [7, 11) is 0. The molecule has 3 aromatic heterocycles. The molecule has 122 valence electrons. The van der Waals surface area contributed by atoms with Gasteiger partial charge in [-0.2, -0.15) is 0 Å². The summed E-state index contributed by atoms with van der Waals surface area (Å²) >= 11 is 1.59. The first-order valence-electron chi connectivity index (χ1n) is 7.99. The molecule has 1 amide bonds. The van der Waals surface area contributed by atoms with Gasteiger partial charge in [0.1, 0.15) is 16.3 Å². The minimum Gasteiger partial charge on any atom is -0.369 e. The highest BCUT2D eigenvalue weighted by molar-refractivity contribution is 7.16. The number of hydrogen-bond donors (Lipinski definition) is 2. The van der Waals surface area contributed by atoms with E-state index in [9.17, 15) is 4.79 Å². The van der Waals surface area contributed by atoms with Crippen molar-refractivity contribution in [1.82, 2.24) is 20.3 Å². The molecule has 0 unspecified atom stereocenters. The lowest BCUT2D eigenvalue weighted by Crippen LogP contribution is -2.27. The Hall–Kier alpha value is -2.54. The molecule has 1 aliphatic rings. The average Bonchev–Trinajstić information content (AvgIpc) is 3.24. The van der Waals surface area contributed by atoms with E-state index in [1.54, 1.807) is 17.5 Å². The van der Waals surface area contributed by atoms with E-state index in [1.807, 2.05) is 29.6 Å². The van der Waals surface area contributed by atoms with Crippen LogP contribution in [0.15, 0.2) is 35.8 Å². The van der Waals surface area contributed by atoms with Crippen molar-refractivity contribution in [2.45, 2.75) is 25.3 Å². The Morgan fingerprint density at radius 3 is 3.04 bits per heavy atom. The lowest BCUT2D eigenvalue weighted by Gasteiger charge is -2.12. The fourth-order valence-corrected chi connectivity index (χ4v) is 3.62. The van der Waals surface area contributed by atoms with Crippen molar-refractivity contribution in [1.29, 1.82) is 0 Å². The fourth-order valence-electron chi connectivity index (χ4n) is 2.86. The van der Waals surface area contributed by atoms with Gasteiger partial charge in [0.2, 0.25) is 5.91 Å². The molecule has 0 bridgehead atoms. The van der Waals surface area contributed by atoms with Gasteiger partial charge in [0.05, 0.1) is 5.39 Å². The standard InChI is InChI=1S/C17H17N5OS/c23-14-5-4-11(20-14)6-9-19-15-12-7-10-24-17(12)22-16(21-15)13-3-1-2-8-18-13/h1-3,7-8,10-11H,4-6,9H2,(H,20,23)(H,19,21,22)/t11-/m0/s1. The quantitative estimate of drug-likeness (QED) is 0.747. The summed E-state index contributed by atoms with van der Waals surface area (Å²) in [6.07, 6.45) is 4.18. The largest absolute Gasteiger partial charge is 0.369 e. The highest BCUT2D eigenvalue weighted by Gasteiger charge is 2.20. The van der Waals surface area contributed by atoms with Crippen LogP contribution < -0.4 is 10.6 Å². The number of thiophene rings is 1. The normalized spacial score (nSPS) is 17.2. The zero-order chi connectivity index (χ0) is 16.4. The molecule has 2 N–H and O–H groups in total. The molecule has 7 heteroatoms. The predicted molar refractivity (Wildman–Crippen MR) is 94.9 cm³/mol. The van der Waals surface area contributed by atoms with E-state index in [0.717, 1.165) is 41.1 Å². The molecular formula is C17H17N5OS. The van der Waals surface area contributed by atoms with E-state index in [4.69, 9.17) is 0 Å². The van der Waals surface area contributed by atoms with Gasteiger partial charge >= 0.3 is 0 Å². The van der Waals surface area contributed by atoms with Gasteiger partial charge in [-0.3, -0.25) is 9.78 Å². The smallest absolute Gasteiger partial charge is 0.220 e. The third kappa shape index (κ3) is 3.07. The fraction of sp³-hybridized carbons (Fsp3) is 0.294. The van der Waals surface area contributed by atoms with Gasteiger partial charge in [-0.05, 0) is 36.4 Å². The van der Waals surface area contributed by atoms with Crippen LogP contribution in [0.1, 0.15) is 19.3 Å². The Morgan fingerprint density at radius 2 is 2.25 bits per heavy atom. The number of rotatable bonds is 5. The van der Waals surface area contributed by atoms with Gasteiger partial charge in [0.15, 0.2) is 5.82 Å². The first-order chi connectivity index (χ1) is 11.8. The SMILES string of the molecule is O=C1CC[C@@H](CCNc2nc(-c3ccccn3)nc3sccc23)N1. The molecule has 1 aliphatic heterocycles. The third-order valence-corrected chi connectivity index (χ3v) is 4.90. The average molecular weight is 339 g/mol. The molecule has 6 nitrogen and oxygen atoms in total. The number of pyridine rings is 1. The van der Waals surface area contributed by atoms with E-state index >= 15 is 0 Å². The number of amides is 1. The molecule has 24 heavy (non-hydrogen) atoms. The molecule has 3 aromatic rings. The van der Waals surface area contributed by atoms with Crippen LogP contribution in [-0.2, 0) is 4.79 Å². The number of nitrogens with one attached hydrogen (secondary N) is 2. The van der Waals surface area contributed by atoms with E-state index in [2.05, 4.69) is 25.6 Å². The molecule has 4 heterocycles. The van der Waals surface area contributed by atoms with Crippen molar-refractivity contribution in [3.05, 3.63) is 35.8 Å². The van der Waals surface area contributed by atoms with Crippen LogP contribution in [0.2, 0.25) is 0 Å². The maximum absolute atomic E-state index is 11.3. The second-order valence-electron chi connectivity index (χ2n) is 5.77. The highest BCUT2D eigenvalue weighted by atomic mass is 32.1. The Kier molecular flexibility index (Phi) is 4.08. The first kappa shape index (κ1) is 15.0. The number of aromatic nitrogens is 3. The van der Waals surface area contributed by atoms with Gasteiger partial charge in [-0.25, -0.2) is 9.97 Å². The van der Waals surface area contributed by atoms with Crippen LogP contribution >= 0.6 is 11.3 Å². The van der Waals surface area contributed by atoms with Crippen LogP contribution in [0.5, 0.6) is 0 Å². The number of fused-ring (bicyclic) bond motifs is 1. The number of carbonyl (C=O) groups is 1. The number of anilines is 1. The van der Waals surface area contributed by atoms with Crippen LogP contribution in [0, 0.1) is 0 Å². The topological polar surface area (TPSA) is 79.8 Å². The molecule has 1 fully saturated rings. The number of carbonyl (C=O) groups excluding carboxylic acids is 1. The maximum Gasteiger partial charge on any atom is 0.220 e. The third-order valence-electron chi connectivity index (χ3n) is 4.09. The lowest BCUT2D eigenvalue weighted by molar-refractivity contribution is -0.119. The molecule has 1 saturated heterocycles. The first-order valence-corrected chi connectivity index (χ1v) is 8.87. The molecule has 0 radical (unpaired) electrons. The Morgan fingerprint density at radius 1 is 1.29 bits per heavy atom. The molecule has 4 rings (SSSR count). The van der Waals surface area contributed by atoms with Crippen molar-refractivity contribution >= 4 is 33.3 Å². The highest BCUT2D eigenvalue weighted by Crippen LogP contribution is 2.27. The lowest BCUT2D eigenvalue weighted by atomic mass is 10.1. The monoisotopic (exact) mass is 339 g/mol. The van der Waals surface area contributed by atoms with Crippen LogP contribution in [0.4, 0.5) is 5.82 Å². The van der Waals surface area contributed by atoms with Crippen molar-refractivity contribution in [3.8, 4) is 11.5 Å². The summed E-state index contributed by atoms with van der Waals surface area (Å²) in [5, 5.41) is 9.43. The van der Waals surface area contributed by atoms with Crippen molar-refractivity contribution in [3.63, 3.8) is 0 Å². The van der Waals surface area contributed by atoms with E-state index in [-0.39, 0.29) is 11.9 Å². The second kappa shape index (κ2) is 6.52. The summed E-state index contributed by atoms with van der Waals surface area (Å²) in [6.45, 7) is 0.758. The maximum atomic E-state index is 11.3. The van der Waals surface area contributed by atoms with Gasteiger partial charge < -0.3 is 10.6 Å². The summed E-state index contributed by atoms with van der Waals surface area (Å²) in [5.74, 6) is 1.60. The zero-order valence-electron chi connectivity index (χ0n) is 13.0. The van der Waals surface area contributed by atoms with Crippen LogP contribution in [0.25, 0.3) is 21.7 Å². The molecule has 0 saturated carbocycles. The summed E-state index contributed by atoms with van der Waals surface area (Å²) < 4.78 is 0. The van der Waals surface area contributed by atoms with Gasteiger partial charge in [-0.15, -0.1) is 11.3 Å². The van der Waals surface area contributed by atoms with Crippen LogP contribution in [0.3, 0.4) is 0 Å². The van der Waals surface area contributed by atoms with Gasteiger partial charge in [0, 0.05) is 25.2 Å². The van der Waals surface area contributed by atoms with Crippen molar-refractivity contribution in [2.24, 2.45) is 0 Å². The molecule has 1 atom stereocenters. The summed E-state index contributed by atoms with van der Waals surface area (Å²) in [5.41, 5.74) is 0.763. The Bertz CT molecular complexity index is 864. The van der Waals surface area contributed by atoms with Crippen molar-refractivity contribution < 1.29 is 4.79 Å². The minimum absolute atomic E-state index is 0.152. The predicted octanol–water partition coefficient (Wildman–Crippen LogP) is 2.83. The molecule has 0 aromatic carbocycles. The molecule has 0 aliphatic carbocycles. The Labute approximate surface area is 143 Å². The van der Waals surface area contributed by atoms with E-state index in [0.29, 0.717) is 12.2 Å². The minimum atomic E-state index is 0.152. The van der Waals surface area contributed by atoms with E-state index in [1.165, 1.54) is 0 Å². The van der Waals surface area contributed by atoms with Gasteiger partial charge in [0.25, 0.3) is 0 Å². The Balaban J connectivity index is 1.55. The van der Waals surface area contributed by atoms with Crippen molar-refractivity contribution in [2.75, 3.05) is 11.9 Å². The number of hydrogen-bond acceptors (Lipinski definition) is 6.